The van der Waals surface area contributed by atoms with E-state index >= 15 is 0 Å². The third-order valence-electron chi connectivity index (χ3n) is 3.63. The van der Waals surface area contributed by atoms with Gasteiger partial charge in [-0.15, -0.1) is 11.3 Å². The van der Waals surface area contributed by atoms with Crippen LogP contribution in [0, 0.1) is 0 Å². The minimum absolute atomic E-state index is 0.270. The van der Waals surface area contributed by atoms with E-state index in [1.165, 1.54) is 17.4 Å². The molecule has 0 spiro atoms. The van der Waals surface area contributed by atoms with Crippen molar-refractivity contribution >= 4 is 50.3 Å². The normalized spacial score (nSPS) is 14.4. The molecule has 2 heterocycles. The van der Waals surface area contributed by atoms with E-state index < -0.39 is 11.8 Å². The van der Waals surface area contributed by atoms with Gasteiger partial charge in [0.05, 0.1) is 13.2 Å². The predicted molar refractivity (Wildman–Crippen MR) is 104 cm³/mol. The van der Waals surface area contributed by atoms with Gasteiger partial charge in [0.25, 0.3) is 11.8 Å². The van der Waals surface area contributed by atoms with E-state index in [0.717, 1.165) is 28.3 Å². The number of carbonyl (C=O) groups is 2. The van der Waals surface area contributed by atoms with Crippen LogP contribution in [0.4, 0.5) is 5.13 Å². The molecule has 2 N–H and O–H groups in total. The summed E-state index contributed by atoms with van der Waals surface area (Å²) in [6.45, 7) is 2.82. The van der Waals surface area contributed by atoms with Crippen molar-refractivity contribution in [3.05, 3.63) is 51.5 Å². The number of anilines is 1. The van der Waals surface area contributed by atoms with E-state index in [0.29, 0.717) is 13.2 Å². The Kier molecular flexibility index (Phi) is 6.37. The number of ether oxygens (including phenoxy) is 1. The second-order valence-electron chi connectivity index (χ2n) is 5.41. The van der Waals surface area contributed by atoms with Gasteiger partial charge >= 0.3 is 0 Å². The maximum Gasteiger partial charge on any atom is 0.289 e. The largest absolute Gasteiger partial charge is 0.378 e. The van der Waals surface area contributed by atoms with Crippen LogP contribution in [-0.2, 0) is 9.53 Å². The topological polar surface area (TPSA) is 83.6 Å². The minimum Gasteiger partial charge on any atom is -0.378 e. The van der Waals surface area contributed by atoms with Crippen LogP contribution >= 0.6 is 27.3 Å². The number of benzene rings is 1. The lowest BCUT2D eigenvalue weighted by atomic mass is 10.2. The Hall–Kier alpha value is -2.23. The van der Waals surface area contributed by atoms with Crippen LogP contribution in [-0.4, -0.2) is 43.1 Å². The Balaban J connectivity index is 1.51. The molecule has 9 heteroatoms. The molecule has 0 saturated carbocycles. The molecule has 26 heavy (non-hydrogen) atoms. The number of hydrogen-bond acceptors (Lipinski definition) is 6. The number of nitrogens with one attached hydrogen (secondary N) is 2. The van der Waals surface area contributed by atoms with Crippen molar-refractivity contribution in [1.82, 2.24) is 15.8 Å². The summed E-state index contributed by atoms with van der Waals surface area (Å²) in [7, 11) is 0. The monoisotopic (exact) mass is 436 g/mol. The van der Waals surface area contributed by atoms with Crippen molar-refractivity contribution in [3.8, 4) is 0 Å². The number of hydrogen-bond donors (Lipinski definition) is 2. The van der Waals surface area contributed by atoms with Gasteiger partial charge in [0.1, 0.15) is 5.69 Å². The summed E-state index contributed by atoms with van der Waals surface area (Å²) in [6, 6.07) is 7.52. The molecule has 0 atom stereocenters. The molecule has 0 aliphatic carbocycles. The fourth-order valence-electron chi connectivity index (χ4n) is 2.27. The van der Waals surface area contributed by atoms with Crippen LogP contribution in [0.1, 0.15) is 16.1 Å². The first-order valence-electron chi connectivity index (χ1n) is 7.94. The summed E-state index contributed by atoms with van der Waals surface area (Å²) >= 11 is 4.80. The van der Waals surface area contributed by atoms with Crippen LogP contribution in [0.3, 0.4) is 0 Å². The van der Waals surface area contributed by atoms with E-state index in [2.05, 4.69) is 36.7 Å². The highest BCUT2D eigenvalue weighted by atomic mass is 79.9. The molecular weight excluding hydrogens is 420 g/mol. The number of carbonyl (C=O) groups excluding carboxylic acids is 2. The van der Waals surface area contributed by atoms with E-state index in [1.807, 2.05) is 24.3 Å². The third-order valence-corrected chi connectivity index (χ3v) is 5.25. The summed E-state index contributed by atoms with van der Waals surface area (Å²) in [5, 5.41) is 2.45. The van der Waals surface area contributed by atoms with Crippen LogP contribution in [0.25, 0.3) is 6.08 Å². The van der Waals surface area contributed by atoms with Gasteiger partial charge in [-0.3, -0.25) is 20.4 Å². The Bertz CT molecular complexity index is 818. The number of thiazole rings is 1. The van der Waals surface area contributed by atoms with Gasteiger partial charge in [-0.05, 0) is 17.7 Å². The minimum atomic E-state index is -0.455. The van der Waals surface area contributed by atoms with Crippen molar-refractivity contribution < 1.29 is 14.3 Å². The highest BCUT2D eigenvalue weighted by Crippen LogP contribution is 2.21. The molecular formula is C17H17BrN4O3S. The van der Waals surface area contributed by atoms with Gasteiger partial charge < -0.3 is 9.64 Å². The van der Waals surface area contributed by atoms with Gasteiger partial charge in [0.15, 0.2) is 5.13 Å². The zero-order chi connectivity index (χ0) is 18.4. The lowest BCUT2D eigenvalue weighted by Crippen LogP contribution is -2.41. The summed E-state index contributed by atoms with van der Waals surface area (Å²) < 4.78 is 6.18. The molecule has 2 amide bonds. The molecule has 0 radical (unpaired) electrons. The molecule has 2 aromatic rings. The molecule has 7 nitrogen and oxygen atoms in total. The summed E-state index contributed by atoms with van der Waals surface area (Å²) in [4.78, 5) is 30.4. The zero-order valence-electron chi connectivity index (χ0n) is 13.8. The molecule has 1 fully saturated rings. The number of rotatable bonds is 4. The van der Waals surface area contributed by atoms with E-state index in [9.17, 15) is 9.59 Å². The SMILES string of the molecule is O=C(/C=C/c1ccccc1Br)NNC(=O)c1csc(N2CCOCC2)n1. The van der Waals surface area contributed by atoms with Crippen LogP contribution in [0.15, 0.2) is 40.2 Å². The van der Waals surface area contributed by atoms with Gasteiger partial charge in [-0.2, -0.15) is 0 Å². The third kappa shape index (κ3) is 4.90. The second kappa shape index (κ2) is 8.93. The zero-order valence-corrected chi connectivity index (χ0v) is 16.2. The molecule has 1 aromatic heterocycles. The smallest absolute Gasteiger partial charge is 0.289 e. The maximum atomic E-state index is 12.1. The molecule has 1 saturated heterocycles. The van der Waals surface area contributed by atoms with E-state index in [-0.39, 0.29) is 5.69 Å². The van der Waals surface area contributed by atoms with Crippen molar-refractivity contribution in [1.29, 1.82) is 0 Å². The van der Waals surface area contributed by atoms with E-state index in [4.69, 9.17) is 4.74 Å². The fraction of sp³-hybridized carbons (Fsp3) is 0.235. The standard InChI is InChI=1S/C17H17BrN4O3S/c18-13-4-2-1-3-12(13)5-6-15(23)20-21-16(24)14-11-26-17(19-14)22-7-9-25-10-8-22/h1-6,11H,7-10H2,(H,20,23)(H,21,24)/b6-5+. The van der Waals surface area contributed by atoms with Gasteiger partial charge in [0, 0.05) is 29.0 Å². The first-order chi connectivity index (χ1) is 12.6. The molecule has 1 aliphatic heterocycles. The number of morpholine rings is 1. The predicted octanol–water partition coefficient (Wildman–Crippen LogP) is 2.22. The van der Waals surface area contributed by atoms with E-state index in [1.54, 1.807) is 11.5 Å². The van der Waals surface area contributed by atoms with Crippen molar-refractivity contribution in [2.45, 2.75) is 0 Å². The lowest BCUT2D eigenvalue weighted by molar-refractivity contribution is -0.117. The van der Waals surface area contributed by atoms with Gasteiger partial charge in [-0.25, -0.2) is 4.98 Å². The molecule has 0 unspecified atom stereocenters. The van der Waals surface area contributed by atoms with Crippen LogP contribution in [0.5, 0.6) is 0 Å². The maximum absolute atomic E-state index is 12.1. The van der Waals surface area contributed by atoms with Crippen molar-refractivity contribution in [2.75, 3.05) is 31.2 Å². The number of aromatic nitrogens is 1. The average Bonchev–Trinajstić information content (AvgIpc) is 3.16. The number of nitrogens with zero attached hydrogens (tertiary/aromatic N) is 2. The molecule has 136 valence electrons. The van der Waals surface area contributed by atoms with Crippen LogP contribution in [0.2, 0.25) is 0 Å². The fourth-order valence-corrected chi connectivity index (χ4v) is 3.54. The van der Waals surface area contributed by atoms with Gasteiger partial charge in [0.2, 0.25) is 0 Å². The highest BCUT2D eigenvalue weighted by Gasteiger charge is 2.17. The second-order valence-corrected chi connectivity index (χ2v) is 7.10. The first kappa shape index (κ1) is 18.6. The molecule has 0 bridgehead atoms. The number of hydrazine groups is 1. The number of amides is 2. The number of halogens is 1. The summed E-state index contributed by atoms with van der Waals surface area (Å²) in [6.07, 6.45) is 3.01. The van der Waals surface area contributed by atoms with Crippen molar-refractivity contribution in [3.63, 3.8) is 0 Å². The Morgan fingerprint density at radius 3 is 2.77 bits per heavy atom. The van der Waals surface area contributed by atoms with Crippen molar-refractivity contribution in [2.24, 2.45) is 0 Å². The summed E-state index contributed by atoms with van der Waals surface area (Å²) in [5.74, 6) is -0.888. The molecule has 1 aromatic carbocycles. The quantitative estimate of drug-likeness (QED) is 0.566. The Labute approximate surface area is 163 Å². The van der Waals surface area contributed by atoms with Crippen LogP contribution < -0.4 is 15.8 Å². The van der Waals surface area contributed by atoms with Gasteiger partial charge in [-0.1, -0.05) is 34.1 Å². The average molecular weight is 437 g/mol. The Morgan fingerprint density at radius 2 is 2.00 bits per heavy atom. The first-order valence-corrected chi connectivity index (χ1v) is 9.62. The highest BCUT2D eigenvalue weighted by molar-refractivity contribution is 9.10. The lowest BCUT2D eigenvalue weighted by Gasteiger charge is -2.25. The molecule has 1 aliphatic rings. The Morgan fingerprint density at radius 1 is 1.23 bits per heavy atom. The molecule has 3 rings (SSSR count). The summed E-state index contributed by atoms with van der Waals surface area (Å²) in [5.41, 5.74) is 5.85.